The van der Waals surface area contributed by atoms with Gasteiger partial charge in [-0.1, -0.05) is 12.1 Å². The molecule has 25 heavy (non-hydrogen) atoms. The Kier molecular flexibility index (Phi) is 4.07. The summed E-state index contributed by atoms with van der Waals surface area (Å²) < 4.78 is 1.78. The van der Waals surface area contributed by atoms with Crippen LogP contribution in [0.15, 0.2) is 49.1 Å². The number of likely N-dealkylation sites (tertiary alicyclic amines) is 1. The highest BCUT2D eigenvalue weighted by atomic mass is 16.4. The Balaban J connectivity index is 1.47. The fraction of sp³-hybridized carbons (Fsp3) is 0.278. The molecule has 7 heteroatoms. The number of aromatic nitrogens is 4. The van der Waals surface area contributed by atoms with Crippen LogP contribution in [0, 0.1) is 0 Å². The third-order valence-electron chi connectivity index (χ3n) is 4.67. The van der Waals surface area contributed by atoms with Crippen molar-refractivity contribution < 1.29 is 9.90 Å². The fourth-order valence-electron chi connectivity index (χ4n) is 3.41. The van der Waals surface area contributed by atoms with Crippen molar-refractivity contribution >= 4 is 5.97 Å². The fourth-order valence-corrected chi connectivity index (χ4v) is 3.41. The lowest BCUT2D eigenvalue weighted by Crippen LogP contribution is -2.20. The Labute approximate surface area is 144 Å². The number of aromatic carboxylic acids is 1. The second kappa shape index (κ2) is 6.52. The lowest BCUT2D eigenvalue weighted by molar-refractivity contribution is 0.0697. The summed E-state index contributed by atoms with van der Waals surface area (Å²) in [6, 6.07) is 8.99. The Bertz CT molecular complexity index is 871. The van der Waals surface area contributed by atoms with E-state index < -0.39 is 5.97 Å². The Morgan fingerprint density at radius 2 is 2.20 bits per heavy atom. The van der Waals surface area contributed by atoms with E-state index in [1.54, 1.807) is 35.3 Å². The maximum absolute atomic E-state index is 11.4. The number of para-hydroxylation sites is 1. The van der Waals surface area contributed by atoms with E-state index in [1.807, 2.05) is 18.3 Å². The lowest BCUT2D eigenvalue weighted by atomic mass is 10.1. The van der Waals surface area contributed by atoms with Crippen LogP contribution in [0.3, 0.4) is 0 Å². The van der Waals surface area contributed by atoms with Gasteiger partial charge in [0, 0.05) is 37.1 Å². The first-order chi connectivity index (χ1) is 12.2. The van der Waals surface area contributed by atoms with Gasteiger partial charge in [0.1, 0.15) is 0 Å². The zero-order valence-corrected chi connectivity index (χ0v) is 13.7. The van der Waals surface area contributed by atoms with Crippen molar-refractivity contribution in [3.05, 3.63) is 66.0 Å². The Morgan fingerprint density at radius 1 is 1.32 bits per heavy atom. The number of rotatable bonds is 5. The minimum absolute atomic E-state index is 0.270. The van der Waals surface area contributed by atoms with Crippen molar-refractivity contribution in [1.82, 2.24) is 24.6 Å². The molecular formula is C18H19N5O2. The molecule has 1 saturated heterocycles. The molecule has 0 spiro atoms. The molecule has 3 heterocycles. The number of nitrogens with zero attached hydrogens (tertiary/aromatic N) is 4. The van der Waals surface area contributed by atoms with Crippen molar-refractivity contribution in [1.29, 1.82) is 0 Å². The van der Waals surface area contributed by atoms with E-state index >= 15 is 0 Å². The molecule has 0 saturated carbocycles. The van der Waals surface area contributed by atoms with E-state index in [0.29, 0.717) is 11.6 Å². The van der Waals surface area contributed by atoms with Crippen LogP contribution in [0.4, 0.5) is 0 Å². The normalized spacial score (nSPS) is 17.8. The predicted octanol–water partition coefficient (Wildman–Crippen LogP) is 2.28. The molecule has 1 aromatic carbocycles. The van der Waals surface area contributed by atoms with Crippen LogP contribution in [0.1, 0.15) is 34.1 Å². The van der Waals surface area contributed by atoms with Crippen molar-refractivity contribution in [2.75, 3.05) is 13.1 Å². The maximum atomic E-state index is 11.4. The zero-order valence-electron chi connectivity index (χ0n) is 13.7. The summed E-state index contributed by atoms with van der Waals surface area (Å²) in [6.07, 6.45) is 6.48. The molecule has 0 bridgehead atoms. The topological polar surface area (TPSA) is 87.0 Å². The molecule has 3 aromatic rings. The van der Waals surface area contributed by atoms with Crippen LogP contribution in [-0.2, 0) is 6.54 Å². The van der Waals surface area contributed by atoms with Gasteiger partial charge in [0.2, 0.25) is 0 Å². The highest BCUT2D eigenvalue weighted by Gasteiger charge is 2.25. The minimum atomic E-state index is -0.937. The first kappa shape index (κ1) is 15.6. The maximum Gasteiger partial charge on any atom is 0.337 e. The van der Waals surface area contributed by atoms with E-state index in [0.717, 1.165) is 31.7 Å². The summed E-state index contributed by atoms with van der Waals surface area (Å²) in [5.74, 6) is -0.454. The average Bonchev–Trinajstić information content (AvgIpc) is 3.36. The van der Waals surface area contributed by atoms with E-state index in [1.165, 1.54) is 5.69 Å². The molecule has 1 aliphatic rings. The summed E-state index contributed by atoms with van der Waals surface area (Å²) in [6.45, 7) is 2.75. The molecule has 0 amide bonds. The third kappa shape index (κ3) is 3.18. The molecule has 128 valence electrons. The van der Waals surface area contributed by atoms with E-state index in [-0.39, 0.29) is 5.56 Å². The van der Waals surface area contributed by atoms with Gasteiger partial charge in [-0.3, -0.25) is 10.00 Å². The van der Waals surface area contributed by atoms with Gasteiger partial charge in [-0.25, -0.2) is 9.78 Å². The summed E-state index contributed by atoms with van der Waals surface area (Å²) >= 11 is 0. The first-order valence-corrected chi connectivity index (χ1v) is 8.28. The second-order valence-corrected chi connectivity index (χ2v) is 6.33. The largest absolute Gasteiger partial charge is 0.478 e. The van der Waals surface area contributed by atoms with Crippen molar-refractivity contribution in [3.8, 4) is 5.69 Å². The monoisotopic (exact) mass is 337 g/mol. The summed E-state index contributed by atoms with van der Waals surface area (Å²) in [4.78, 5) is 18.2. The number of carboxylic acid groups (broad SMARTS) is 1. The number of benzene rings is 1. The number of nitrogens with one attached hydrogen (secondary N) is 1. The summed E-state index contributed by atoms with van der Waals surface area (Å²) in [7, 11) is 0. The summed E-state index contributed by atoms with van der Waals surface area (Å²) in [5, 5.41) is 16.4. The molecule has 4 rings (SSSR count). The molecule has 2 N–H and O–H groups in total. The van der Waals surface area contributed by atoms with Crippen LogP contribution in [0.5, 0.6) is 0 Å². The number of aromatic amines is 1. The highest BCUT2D eigenvalue weighted by molar-refractivity contribution is 5.91. The second-order valence-electron chi connectivity index (χ2n) is 6.33. The zero-order chi connectivity index (χ0) is 17.2. The molecule has 1 atom stereocenters. The Hall–Kier alpha value is -2.93. The van der Waals surface area contributed by atoms with Crippen LogP contribution in [-0.4, -0.2) is 48.8 Å². The van der Waals surface area contributed by atoms with Gasteiger partial charge in [-0.05, 0) is 31.2 Å². The van der Waals surface area contributed by atoms with E-state index in [2.05, 4.69) is 20.1 Å². The predicted molar refractivity (Wildman–Crippen MR) is 91.7 cm³/mol. The first-order valence-electron chi connectivity index (χ1n) is 8.28. The SMILES string of the molecule is O=C(O)c1ccccc1-n1cnc(CN2CC[C@@H](c3ccn[nH]3)C2)c1. The number of imidazole rings is 1. The summed E-state index contributed by atoms with van der Waals surface area (Å²) in [5.41, 5.74) is 3.02. The molecule has 7 nitrogen and oxygen atoms in total. The standard InChI is InChI=1S/C18H19N5O2/c24-18(25)15-3-1-2-4-17(15)23-11-14(19-12-23)10-22-8-6-13(9-22)16-5-7-20-21-16/h1-5,7,11-13H,6,8-10H2,(H,20,21)(H,24,25)/t13-/m1/s1. The molecule has 0 radical (unpaired) electrons. The third-order valence-corrected chi connectivity index (χ3v) is 4.67. The van der Waals surface area contributed by atoms with Crippen LogP contribution >= 0.6 is 0 Å². The number of hydrogen-bond donors (Lipinski definition) is 2. The minimum Gasteiger partial charge on any atom is -0.478 e. The molecule has 1 aliphatic heterocycles. The van der Waals surface area contributed by atoms with Gasteiger partial charge in [-0.15, -0.1) is 0 Å². The van der Waals surface area contributed by atoms with Gasteiger partial charge in [0.05, 0.1) is 23.3 Å². The number of hydrogen-bond acceptors (Lipinski definition) is 4. The molecular weight excluding hydrogens is 318 g/mol. The lowest BCUT2D eigenvalue weighted by Gasteiger charge is -2.13. The van der Waals surface area contributed by atoms with Gasteiger partial charge >= 0.3 is 5.97 Å². The number of carboxylic acids is 1. The van der Waals surface area contributed by atoms with Crippen LogP contribution in [0.2, 0.25) is 0 Å². The van der Waals surface area contributed by atoms with Crippen molar-refractivity contribution in [2.45, 2.75) is 18.9 Å². The van der Waals surface area contributed by atoms with Gasteiger partial charge in [-0.2, -0.15) is 5.10 Å². The van der Waals surface area contributed by atoms with E-state index in [4.69, 9.17) is 0 Å². The quantitative estimate of drug-likeness (QED) is 0.746. The molecule has 1 fully saturated rings. The smallest absolute Gasteiger partial charge is 0.337 e. The number of carbonyl (C=O) groups is 1. The van der Waals surface area contributed by atoms with E-state index in [9.17, 15) is 9.90 Å². The molecule has 0 unspecified atom stereocenters. The van der Waals surface area contributed by atoms with Crippen LogP contribution in [0.25, 0.3) is 5.69 Å². The Morgan fingerprint density at radius 3 is 3.00 bits per heavy atom. The van der Waals surface area contributed by atoms with Crippen molar-refractivity contribution in [3.63, 3.8) is 0 Å². The van der Waals surface area contributed by atoms with Gasteiger partial charge < -0.3 is 9.67 Å². The molecule has 2 aromatic heterocycles. The van der Waals surface area contributed by atoms with Crippen molar-refractivity contribution in [2.24, 2.45) is 0 Å². The average molecular weight is 337 g/mol. The molecule has 0 aliphatic carbocycles. The van der Waals surface area contributed by atoms with Crippen LogP contribution < -0.4 is 0 Å². The number of H-pyrrole nitrogens is 1. The highest BCUT2D eigenvalue weighted by Crippen LogP contribution is 2.26. The van der Waals surface area contributed by atoms with Gasteiger partial charge in [0.25, 0.3) is 0 Å². The van der Waals surface area contributed by atoms with Gasteiger partial charge in [0.15, 0.2) is 0 Å².